The van der Waals surface area contributed by atoms with Crippen LogP contribution in [0.4, 0.5) is 4.79 Å². The van der Waals surface area contributed by atoms with Crippen LogP contribution >= 0.6 is 11.8 Å². The first-order valence-electron chi connectivity index (χ1n) is 10.9. The Hall–Kier alpha value is -1.73. The molecule has 1 saturated heterocycles. The molecule has 7 heteroatoms. The standard InChI is InChI=1S/C23H37N3O3S/c1-23(2,3)29-22(28)25-20(16-18-10-5-4-6-11-18)21(27)26-14-9-12-19(26)17-30-15-8-7-13-24/h4-6,10-11,19-20H,7-9,12-17,24H2,1-3H3,(H,25,28)/t19-,20-/m0/s1. The van der Waals surface area contributed by atoms with E-state index in [0.717, 1.165) is 55.8 Å². The van der Waals surface area contributed by atoms with Crippen molar-refractivity contribution in [2.75, 3.05) is 24.6 Å². The summed E-state index contributed by atoms with van der Waals surface area (Å²) >= 11 is 1.89. The molecular weight excluding hydrogens is 398 g/mol. The van der Waals surface area contributed by atoms with Crippen LogP contribution in [0.5, 0.6) is 0 Å². The molecule has 168 valence electrons. The van der Waals surface area contributed by atoms with Crippen LogP contribution in [0.15, 0.2) is 30.3 Å². The van der Waals surface area contributed by atoms with Gasteiger partial charge in [0.15, 0.2) is 0 Å². The summed E-state index contributed by atoms with van der Waals surface area (Å²) in [5.74, 6) is 1.98. The van der Waals surface area contributed by atoms with Gasteiger partial charge in [-0.1, -0.05) is 30.3 Å². The fourth-order valence-corrected chi connectivity index (χ4v) is 4.76. The number of likely N-dealkylation sites (tertiary alicyclic amines) is 1. The summed E-state index contributed by atoms with van der Waals surface area (Å²) in [4.78, 5) is 27.8. The molecule has 6 nitrogen and oxygen atoms in total. The third-order valence-corrected chi connectivity index (χ3v) is 6.18. The molecule has 1 aromatic carbocycles. The molecule has 0 bridgehead atoms. The van der Waals surface area contributed by atoms with Crippen LogP contribution < -0.4 is 11.1 Å². The molecule has 1 fully saturated rings. The van der Waals surface area contributed by atoms with Gasteiger partial charge in [0.2, 0.25) is 5.91 Å². The van der Waals surface area contributed by atoms with E-state index in [0.29, 0.717) is 6.42 Å². The lowest BCUT2D eigenvalue weighted by molar-refractivity contribution is -0.133. The minimum absolute atomic E-state index is 0.0187. The topological polar surface area (TPSA) is 84.7 Å². The number of carbonyl (C=O) groups is 2. The number of thioether (sulfide) groups is 1. The quantitative estimate of drug-likeness (QED) is 0.549. The largest absolute Gasteiger partial charge is 0.444 e. The molecule has 0 aromatic heterocycles. The van der Waals surface area contributed by atoms with E-state index in [2.05, 4.69) is 5.32 Å². The van der Waals surface area contributed by atoms with E-state index in [1.807, 2.05) is 67.8 Å². The number of unbranched alkanes of at least 4 members (excludes halogenated alkanes) is 1. The maximum atomic E-state index is 13.4. The van der Waals surface area contributed by atoms with E-state index in [4.69, 9.17) is 10.5 Å². The molecule has 1 heterocycles. The lowest BCUT2D eigenvalue weighted by Gasteiger charge is -2.30. The van der Waals surface area contributed by atoms with Gasteiger partial charge in [0, 0.05) is 24.8 Å². The molecule has 0 saturated carbocycles. The number of amides is 2. The van der Waals surface area contributed by atoms with Gasteiger partial charge in [-0.25, -0.2) is 4.79 Å². The summed E-state index contributed by atoms with van der Waals surface area (Å²) < 4.78 is 5.41. The summed E-state index contributed by atoms with van der Waals surface area (Å²) in [5.41, 5.74) is 5.96. The summed E-state index contributed by atoms with van der Waals surface area (Å²) in [5, 5.41) is 2.83. The van der Waals surface area contributed by atoms with Gasteiger partial charge in [0.05, 0.1) is 0 Å². The summed E-state index contributed by atoms with van der Waals surface area (Å²) in [6.07, 6.45) is 4.07. The summed E-state index contributed by atoms with van der Waals surface area (Å²) in [6, 6.07) is 9.38. The van der Waals surface area contributed by atoms with Gasteiger partial charge in [-0.3, -0.25) is 4.79 Å². The monoisotopic (exact) mass is 435 g/mol. The van der Waals surface area contributed by atoms with E-state index in [-0.39, 0.29) is 11.9 Å². The molecule has 0 spiro atoms. The zero-order valence-corrected chi connectivity index (χ0v) is 19.4. The van der Waals surface area contributed by atoms with Crippen LogP contribution in [0.3, 0.4) is 0 Å². The predicted octanol–water partition coefficient (Wildman–Crippen LogP) is 3.59. The van der Waals surface area contributed by atoms with Gasteiger partial charge in [-0.2, -0.15) is 11.8 Å². The van der Waals surface area contributed by atoms with Crippen molar-refractivity contribution in [3.63, 3.8) is 0 Å². The second-order valence-corrected chi connectivity index (χ2v) is 9.94. The Morgan fingerprint density at radius 3 is 2.67 bits per heavy atom. The van der Waals surface area contributed by atoms with Crippen molar-refractivity contribution in [1.29, 1.82) is 0 Å². The lowest BCUT2D eigenvalue weighted by atomic mass is 10.0. The fraction of sp³-hybridized carbons (Fsp3) is 0.652. The van der Waals surface area contributed by atoms with Crippen LogP contribution in [-0.4, -0.2) is 59.2 Å². The van der Waals surface area contributed by atoms with Gasteiger partial charge in [0.25, 0.3) is 0 Å². The Labute approximate surface area is 185 Å². The van der Waals surface area contributed by atoms with Gasteiger partial charge in [-0.15, -0.1) is 0 Å². The van der Waals surface area contributed by atoms with Crippen molar-refractivity contribution in [1.82, 2.24) is 10.2 Å². The summed E-state index contributed by atoms with van der Waals surface area (Å²) in [6.45, 7) is 6.93. The number of hydrogen-bond donors (Lipinski definition) is 2. The molecule has 30 heavy (non-hydrogen) atoms. The van der Waals surface area contributed by atoms with Crippen molar-refractivity contribution in [2.45, 2.75) is 70.6 Å². The van der Waals surface area contributed by atoms with Gasteiger partial charge < -0.3 is 20.7 Å². The molecule has 0 unspecified atom stereocenters. The Balaban J connectivity index is 2.03. The number of rotatable bonds is 10. The van der Waals surface area contributed by atoms with E-state index in [1.165, 1.54) is 0 Å². The number of nitrogens with two attached hydrogens (primary N) is 1. The SMILES string of the molecule is CC(C)(C)OC(=O)N[C@@H](Cc1ccccc1)C(=O)N1CCC[C@H]1CSCCCCN. The summed E-state index contributed by atoms with van der Waals surface area (Å²) in [7, 11) is 0. The molecular formula is C23H37N3O3S. The van der Waals surface area contributed by atoms with Gasteiger partial charge >= 0.3 is 6.09 Å². The Morgan fingerprint density at radius 1 is 1.27 bits per heavy atom. The molecule has 1 aliphatic rings. The number of carbonyl (C=O) groups excluding carboxylic acids is 2. The number of ether oxygens (including phenoxy) is 1. The lowest BCUT2D eigenvalue weighted by Crippen LogP contribution is -2.52. The molecule has 2 rings (SSSR count). The van der Waals surface area contributed by atoms with Crippen molar-refractivity contribution in [3.05, 3.63) is 35.9 Å². The third-order valence-electron chi connectivity index (χ3n) is 4.98. The van der Waals surface area contributed by atoms with Crippen molar-refractivity contribution in [3.8, 4) is 0 Å². The number of nitrogens with zero attached hydrogens (tertiary/aromatic N) is 1. The fourth-order valence-electron chi connectivity index (χ4n) is 3.57. The van der Waals surface area contributed by atoms with E-state index < -0.39 is 17.7 Å². The first-order chi connectivity index (χ1) is 14.3. The van der Waals surface area contributed by atoms with Gasteiger partial charge in [0.1, 0.15) is 11.6 Å². The highest BCUT2D eigenvalue weighted by atomic mass is 32.2. The maximum Gasteiger partial charge on any atom is 0.408 e. The van der Waals surface area contributed by atoms with Crippen molar-refractivity contribution in [2.24, 2.45) is 5.73 Å². The Bertz CT molecular complexity index is 663. The molecule has 2 amide bonds. The predicted molar refractivity (Wildman–Crippen MR) is 124 cm³/mol. The van der Waals surface area contributed by atoms with Gasteiger partial charge in [-0.05, 0) is 64.3 Å². The smallest absolute Gasteiger partial charge is 0.408 e. The average molecular weight is 436 g/mol. The van der Waals surface area contributed by atoms with Crippen LogP contribution in [-0.2, 0) is 16.0 Å². The highest BCUT2D eigenvalue weighted by Crippen LogP contribution is 2.23. The highest BCUT2D eigenvalue weighted by Gasteiger charge is 2.34. The highest BCUT2D eigenvalue weighted by molar-refractivity contribution is 7.99. The minimum atomic E-state index is -0.634. The number of benzene rings is 1. The molecule has 2 atom stereocenters. The van der Waals surface area contributed by atoms with E-state index in [9.17, 15) is 9.59 Å². The first kappa shape index (κ1) is 24.5. The maximum absolute atomic E-state index is 13.4. The van der Waals surface area contributed by atoms with Crippen LogP contribution in [0.25, 0.3) is 0 Å². The third kappa shape index (κ3) is 8.56. The second kappa shape index (κ2) is 12.2. The minimum Gasteiger partial charge on any atom is -0.444 e. The molecule has 1 aliphatic heterocycles. The number of nitrogens with one attached hydrogen (secondary N) is 1. The van der Waals surface area contributed by atoms with E-state index in [1.54, 1.807) is 0 Å². The van der Waals surface area contributed by atoms with Crippen LogP contribution in [0.1, 0.15) is 52.0 Å². The van der Waals surface area contributed by atoms with Crippen LogP contribution in [0, 0.1) is 0 Å². The second-order valence-electron chi connectivity index (χ2n) is 8.79. The normalized spacial score (nSPS) is 17.6. The molecule has 3 N–H and O–H groups in total. The number of hydrogen-bond acceptors (Lipinski definition) is 5. The average Bonchev–Trinajstić information content (AvgIpc) is 3.14. The van der Waals surface area contributed by atoms with E-state index >= 15 is 0 Å². The Kier molecular flexibility index (Phi) is 9.98. The van der Waals surface area contributed by atoms with Crippen molar-refractivity contribution >= 4 is 23.8 Å². The zero-order chi connectivity index (χ0) is 22.0. The Morgan fingerprint density at radius 2 is 2.00 bits per heavy atom. The molecule has 0 radical (unpaired) electrons. The first-order valence-corrected chi connectivity index (χ1v) is 12.1. The number of alkyl carbamates (subject to hydrolysis) is 1. The zero-order valence-electron chi connectivity index (χ0n) is 18.6. The van der Waals surface area contributed by atoms with Crippen molar-refractivity contribution < 1.29 is 14.3 Å². The molecule has 1 aromatic rings. The molecule has 0 aliphatic carbocycles. The van der Waals surface area contributed by atoms with Crippen LogP contribution in [0.2, 0.25) is 0 Å².